The van der Waals surface area contributed by atoms with Gasteiger partial charge in [-0.15, -0.1) is 0 Å². The van der Waals surface area contributed by atoms with Crippen LogP contribution >= 0.6 is 12.2 Å². The van der Waals surface area contributed by atoms with Gasteiger partial charge in [-0.2, -0.15) is 0 Å². The molecule has 0 bridgehead atoms. The van der Waals surface area contributed by atoms with Crippen LogP contribution in [0, 0.1) is 5.92 Å². The highest BCUT2D eigenvalue weighted by molar-refractivity contribution is 7.80. The summed E-state index contributed by atoms with van der Waals surface area (Å²) in [5, 5.41) is 4.81. The first-order valence-corrected chi connectivity index (χ1v) is 15.0. The number of hydrogen-bond acceptors (Lipinski definition) is 3. The molecule has 2 fully saturated rings. The first kappa shape index (κ1) is 26.4. The van der Waals surface area contributed by atoms with Crippen LogP contribution in [0.3, 0.4) is 0 Å². The van der Waals surface area contributed by atoms with Gasteiger partial charge in [0.25, 0.3) is 0 Å². The summed E-state index contributed by atoms with van der Waals surface area (Å²) in [5.74, 6) is 2.22. The fraction of sp³-hybridized carbons (Fsp3) is 0.733. The minimum Gasteiger partial charge on any atom is -0.369 e. The Morgan fingerprint density at radius 2 is 1.71 bits per heavy atom. The van der Waals surface area contributed by atoms with E-state index in [0.717, 1.165) is 43.6 Å². The molecule has 1 saturated carbocycles. The Hall–Kier alpha value is -1.62. The van der Waals surface area contributed by atoms with Gasteiger partial charge in [0.15, 0.2) is 5.11 Å². The standard InChI is InChI=1S/C30H48N4S/c1-25-24-33(30(35)34(25)22-12-18-27-15-6-3-7-16-27)21-11-10-19-28-23-31-29(32-28)20-9-8-17-26-13-4-2-5-14-26/h2,4-5,13-14,25,27-28H,3,6-12,15-24H2,1H3,(H,31,32)/t25-,28+/m1/s1. The number of thiocarbonyl (C=S) groups is 1. The molecular formula is C30H48N4S. The molecule has 3 aliphatic rings. The number of nitrogens with one attached hydrogen (secondary N) is 1. The molecule has 2 aliphatic heterocycles. The summed E-state index contributed by atoms with van der Waals surface area (Å²) in [5.41, 5.74) is 1.45. The highest BCUT2D eigenvalue weighted by Crippen LogP contribution is 2.28. The monoisotopic (exact) mass is 496 g/mol. The van der Waals surface area contributed by atoms with Crippen LogP contribution in [0.4, 0.5) is 0 Å². The van der Waals surface area contributed by atoms with Crippen molar-refractivity contribution >= 4 is 23.2 Å². The summed E-state index contributed by atoms with van der Waals surface area (Å²) in [6.45, 7) is 6.70. The summed E-state index contributed by atoms with van der Waals surface area (Å²) in [7, 11) is 0. The molecule has 0 amide bonds. The summed E-state index contributed by atoms with van der Waals surface area (Å²) in [6, 6.07) is 11.9. The number of nitrogens with zero attached hydrogens (tertiary/aromatic N) is 3. The minimum atomic E-state index is 0.542. The summed E-state index contributed by atoms with van der Waals surface area (Å²) >= 11 is 5.88. The molecule has 0 unspecified atom stereocenters. The highest BCUT2D eigenvalue weighted by atomic mass is 32.1. The number of hydrogen-bond donors (Lipinski definition) is 1. The van der Waals surface area contributed by atoms with Crippen LogP contribution in [0.15, 0.2) is 35.3 Å². The smallest absolute Gasteiger partial charge is 0.171 e. The molecule has 4 nitrogen and oxygen atoms in total. The molecule has 1 N–H and O–H groups in total. The second kappa shape index (κ2) is 14.2. The molecule has 1 aromatic carbocycles. The Bertz CT molecular complexity index is 789. The third kappa shape index (κ3) is 8.48. The van der Waals surface area contributed by atoms with E-state index in [1.807, 2.05) is 0 Å². The predicted molar refractivity (Wildman–Crippen MR) is 153 cm³/mol. The average molecular weight is 497 g/mol. The first-order chi connectivity index (χ1) is 17.2. The van der Waals surface area contributed by atoms with Crippen molar-refractivity contribution in [3.8, 4) is 0 Å². The molecule has 0 aromatic heterocycles. The Kier molecular flexibility index (Phi) is 10.7. The number of amidine groups is 1. The van der Waals surface area contributed by atoms with Crippen molar-refractivity contribution in [2.75, 3.05) is 26.2 Å². The van der Waals surface area contributed by atoms with Crippen molar-refractivity contribution in [3.63, 3.8) is 0 Å². The van der Waals surface area contributed by atoms with Crippen molar-refractivity contribution in [1.29, 1.82) is 0 Å². The minimum absolute atomic E-state index is 0.542. The molecule has 35 heavy (non-hydrogen) atoms. The van der Waals surface area contributed by atoms with E-state index in [0.29, 0.717) is 12.1 Å². The molecule has 1 saturated heterocycles. The Morgan fingerprint density at radius 1 is 0.914 bits per heavy atom. The van der Waals surface area contributed by atoms with Gasteiger partial charge in [0.2, 0.25) is 0 Å². The SMILES string of the molecule is C[C@@H]1CN(CCCC[C@H]2CN=C(CCCCc3ccccc3)N2)C(=S)N1CCCC1CCCCC1. The third-order valence-electron chi connectivity index (χ3n) is 8.34. The van der Waals surface area contributed by atoms with Crippen LogP contribution in [0.1, 0.15) is 96.0 Å². The molecule has 4 rings (SSSR count). The van der Waals surface area contributed by atoms with E-state index in [9.17, 15) is 0 Å². The summed E-state index contributed by atoms with van der Waals surface area (Å²) < 4.78 is 0. The van der Waals surface area contributed by atoms with Crippen LogP contribution in [0.2, 0.25) is 0 Å². The lowest BCUT2D eigenvalue weighted by molar-refractivity contribution is 0.301. The Labute approximate surface area is 219 Å². The van der Waals surface area contributed by atoms with Crippen LogP contribution in [0.25, 0.3) is 0 Å². The topological polar surface area (TPSA) is 30.9 Å². The van der Waals surface area contributed by atoms with Gasteiger partial charge in [0.05, 0.1) is 12.4 Å². The molecule has 0 spiro atoms. The van der Waals surface area contributed by atoms with Crippen LogP contribution in [-0.2, 0) is 6.42 Å². The van der Waals surface area contributed by atoms with E-state index in [1.165, 1.54) is 94.9 Å². The van der Waals surface area contributed by atoms with Crippen molar-refractivity contribution in [2.24, 2.45) is 10.9 Å². The summed E-state index contributed by atoms with van der Waals surface area (Å²) in [6.07, 6.45) is 18.4. The van der Waals surface area contributed by atoms with Crippen molar-refractivity contribution in [3.05, 3.63) is 35.9 Å². The van der Waals surface area contributed by atoms with E-state index in [1.54, 1.807) is 0 Å². The van der Waals surface area contributed by atoms with Crippen LogP contribution < -0.4 is 5.32 Å². The molecule has 1 aromatic rings. The lowest BCUT2D eigenvalue weighted by atomic mass is 9.86. The third-order valence-corrected chi connectivity index (χ3v) is 8.84. The zero-order chi connectivity index (χ0) is 24.3. The maximum atomic E-state index is 5.88. The fourth-order valence-electron chi connectivity index (χ4n) is 6.22. The van der Waals surface area contributed by atoms with Crippen molar-refractivity contribution in [1.82, 2.24) is 15.1 Å². The van der Waals surface area contributed by atoms with Gasteiger partial charge >= 0.3 is 0 Å². The van der Waals surface area contributed by atoms with E-state index >= 15 is 0 Å². The molecule has 0 radical (unpaired) electrons. The van der Waals surface area contributed by atoms with E-state index in [4.69, 9.17) is 17.2 Å². The zero-order valence-electron chi connectivity index (χ0n) is 22.1. The van der Waals surface area contributed by atoms with Gasteiger partial charge in [0.1, 0.15) is 0 Å². The fourth-order valence-corrected chi connectivity index (χ4v) is 6.65. The zero-order valence-corrected chi connectivity index (χ0v) is 22.9. The van der Waals surface area contributed by atoms with Gasteiger partial charge in [-0.25, -0.2) is 0 Å². The lowest BCUT2D eigenvalue weighted by Crippen LogP contribution is -2.35. The number of aryl methyl sites for hydroxylation is 1. The van der Waals surface area contributed by atoms with Gasteiger partial charge in [-0.1, -0.05) is 62.4 Å². The highest BCUT2D eigenvalue weighted by Gasteiger charge is 2.30. The molecule has 194 valence electrons. The first-order valence-electron chi connectivity index (χ1n) is 14.6. The molecule has 2 heterocycles. The van der Waals surface area contributed by atoms with Gasteiger partial charge < -0.3 is 15.1 Å². The van der Waals surface area contributed by atoms with E-state index in [-0.39, 0.29) is 0 Å². The van der Waals surface area contributed by atoms with Gasteiger partial charge in [-0.05, 0) is 82.0 Å². The Morgan fingerprint density at radius 3 is 2.54 bits per heavy atom. The van der Waals surface area contributed by atoms with Crippen LogP contribution in [0.5, 0.6) is 0 Å². The summed E-state index contributed by atoms with van der Waals surface area (Å²) in [4.78, 5) is 9.76. The Balaban J connectivity index is 1.03. The second-order valence-corrected chi connectivity index (χ2v) is 11.6. The predicted octanol–water partition coefficient (Wildman–Crippen LogP) is 6.59. The normalized spacial score (nSPS) is 23.1. The van der Waals surface area contributed by atoms with Crippen molar-refractivity contribution < 1.29 is 0 Å². The average Bonchev–Trinajstić information content (AvgIpc) is 3.45. The molecule has 2 atom stereocenters. The second-order valence-electron chi connectivity index (χ2n) is 11.2. The number of rotatable bonds is 14. The number of unbranched alkanes of at least 4 members (excludes halogenated alkanes) is 2. The number of benzene rings is 1. The van der Waals surface area contributed by atoms with E-state index < -0.39 is 0 Å². The molecule has 1 aliphatic carbocycles. The van der Waals surface area contributed by atoms with Crippen LogP contribution in [-0.4, -0.2) is 59.0 Å². The number of aliphatic imine (C=N–C) groups is 1. The van der Waals surface area contributed by atoms with Gasteiger partial charge in [0, 0.05) is 38.1 Å². The largest absolute Gasteiger partial charge is 0.369 e. The molecule has 5 heteroatoms. The quantitative estimate of drug-likeness (QED) is 0.232. The molecular weight excluding hydrogens is 448 g/mol. The maximum absolute atomic E-state index is 5.88. The lowest BCUT2D eigenvalue weighted by Gasteiger charge is -2.26. The van der Waals surface area contributed by atoms with E-state index in [2.05, 4.69) is 52.4 Å². The van der Waals surface area contributed by atoms with Gasteiger partial charge in [-0.3, -0.25) is 4.99 Å². The maximum Gasteiger partial charge on any atom is 0.171 e. The van der Waals surface area contributed by atoms with Crippen molar-refractivity contribution in [2.45, 2.75) is 109 Å².